The molecule has 1 aromatic heterocycles. The molecule has 5 heteroatoms. The van der Waals surface area contributed by atoms with Crippen molar-refractivity contribution in [2.75, 3.05) is 0 Å². The van der Waals surface area contributed by atoms with Crippen molar-refractivity contribution >= 4 is 5.78 Å². The number of aromatic hydroxyl groups is 1. The maximum Gasteiger partial charge on any atom is 0.189 e. The smallest absolute Gasteiger partial charge is 0.189 e. The highest BCUT2D eigenvalue weighted by atomic mass is 16.3. The van der Waals surface area contributed by atoms with Gasteiger partial charge in [-0.2, -0.15) is 15.4 Å². The van der Waals surface area contributed by atoms with Gasteiger partial charge in [-0.05, 0) is 17.7 Å². The third-order valence-electron chi connectivity index (χ3n) is 1.98. The van der Waals surface area contributed by atoms with Gasteiger partial charge in [0.15, 0.2) is 5.78 Å². The number of phenols is 1. The van der Waals surface area contributed by atoms with Gasteiger partial charge in [-0.3, -0.25) is 4.79 Å². The highest BCUT2D eigenvalue weighted by Crippen LogP contribution is 2.12. The van der Waals surface area contributed by atoms with Crippen molar-refractivity contribution in [1.29, 1.82) is 0 Å². The third kappa shape index (κ3) is 2.19. The van der Waals surface area contributed by atoms with E-state index in [1.165, 1.54) is 6.20 Å². The molecule has 0 radical (unpaired) electrons. The van der Waals surface area contributed by atoms with E-state index in [1.54, 1.807) is 24.3 Å². The number of aromatic amines is 1. The number of nitrogens with zero attached hydrogens (tertiary/aromatic N) is 2. The van der Waals surface area contributed by atoms with Crippen LogP contribution in [0.2, 0.25) is 0 Å². The average molecular weight is 203 g/mol. The molecule has 0 bridgehead atoms. The molecule has 5 nitrogen and oxygen atoms in total. The van der Waals surface area contributed by atoms with Crippen LogP contribution >= 0.6 is 0 Å². The predicted molar refractivity (Wildman–Crippen MR) is 52.5 cm³/mol. The first kappa shape index (κ1) is 9.39. The molecule has 76 valence electrons. The summed E-state index contributed by atoms with van der Waals surface area (Å²) in [5, 5.41) is 18.8. The molecule has 0 saturated carbocycles. The van der Waals surface area contributed by atoms with Gasteiger partial charge in [0.25, 0.3) is 0 Å². The molecule has 0 atom stereocenters. The van der Waals surface area contributed by atoms with Crippen molar-refractivity contribution in [2.24, 2.45) is 0 Å². The number of aromatic nitrogens is 3. The summed E-state index contributed by atoms with van der Waals surface area (Å²) in [5.74, 6) is 0.0230. The summed E-state index contributed by atoms with van der Waals surface area (Å²) in [5.41, 5.74) is 1.06. The minimum absolute atomic E-state index is 0.130. The van der Waals surface area contributed by atoms with E-state index in [1.807, 2.05) is 0 Å². The normalized spacial score (nSPS) is 10.1. The SMILES string of the molecule is O=C(Cc1cccc(O)c1)c1cn[nH]n1. The molecule has 0 spiro atoms. The van der Waals surface area contributed by atoms with Gasteiger partial charge in [0, 0.05) is 6.42 Å². The van der Waals surface area contributed by atoms with Gasteiger partial charge in [-0.15, -0.1) is 0 Å². The Bertz CT molecular complexity index is 465. The Morgan fingerprint density at radius 1 is 1.47 bits per heavy atom. The molecule has 1 heterocycles. The largest absolute Gasteiger partial charge is 0.508 e. The fourth-order valence-electron chi connectivity index (χ4n) is 1.28. The summed E-state index contributed by atoms with van der Waals surface area (Å²) in [6.45, 7) is 0. The van der Waals surface area contributed by atoms with Crippen LogP contribution in [0.1, 0.15) is 16.1 Å². The summed E-state index contributed by atoms with van der Waals surface area (Å²) in [7, 11) is 0. The van der Waals surface area contributed by atoms with Crippen LogP contribution in [0.5, 0.6) is 5.75 Å². The zero-order valence-corrected chi connectivity index (χ0v) is 7.84. The topological polar surface area (TPSA) is 78.9 Å². The molecule has 15 heavy (non-hydrogen) atoms. The maximum atomic E-state index is 11.6. The number of hydrogen-bond acceptors (Lipinski definition) is 4. The fraction of sp³-hybridized carbons (Fsp3) is 0.100. The minimum atomic E-state index is -0.130. The van der Waals surface area contributed by atoms with Crippen molar-refractivity contribution < 1.29 is 9.90 Å². The Morgan fingerprint density at radius 3 is 3.00 bits per heavy atom. The monoisotopic (exact) mass is 203 g/mol. The van der Waals surface area contributed by atoms with Crippen molar-refractivity contribution in [3.05, 3.63) is 41.7 Å². The zero-order valence-electron chi connectivity index (χ0n) is 7.84. The summed E-state index contributed by atoms with van der Waals surface area (Å²) in [6.07, 6.45) is 1.59. The predicted octanol–water partition coefficient (Wildman–Crippen LogP) is 0.936. The third-order valence-corrected chi connectivity index (χ3v) is 1.98. The molecule has 0 amide bonds. The second kappa shape index (κ2) is 3.91. The standard InChI is InChI=1S/C10H9N3O2/c14-8-3-1-2-7(4-8)5-10(15)9-6-11-13-12-9/h1-4,6,14H,5H2,(H,11,12,13). The average Bonchev–Trinajstić information content (AvgIpc) is 2.70. The van der Waals surface area contributed by atoms with E-state index in [-0.39, 0.29) is 18.0 Å². The molecule has 2 N–H and O–H groups in total. The second-order valence-corrected chi connectivity index (χ2v) is 3.13. The van der Waals surface area contributed by atoms with Crippen LogP contribution < -0.4 is 0 Å². The van der Waals surface area contributed by atoms with Crippen molar-refractivity contribution in [2.45, 2.75) is 6.42 Å². The number of carbonyl (C=O) groups excluding carboxylic acids is 1. The van der Waals surface area contributed by atoms with Crippen molar-refractivity contribution in [3.8, 4) is 5.75 Å². The van der Waals surface area contributed by atoms with Crippen LogP contribution in [0.25, 0.3) is 0 Å². The molecule has 2 rings (SSSR count). The highest BCUT2D eigenvalue weighted by Gasteiger charge is 2.09. The molecule has 1 aromatic carbocycles. The van der Waals surface area contributed by atoms with Crippen molar-refractivity contribution in [3.63, 3.8) is 0 Å². The molecular weight excluding hydrogens is 194 g/mol. The first-order chi connectivity index (χ1) is 7.25. The van der Waals surface area contributed by atoms with Crippen LogP contribution in [-0.2, 0) is 6.42 Å². The van der Waals surface area contributed by atoms with Gasteiger partial charge in [-0.1, -0.05) is 12.1 Å². The maximum absolute atomic E-state index is 11.6. The lowest BCUT2D eigenvalue weighted by molar-refractivity contribution is 0.0988. The van der Waals surface area contributed by atoms with Gasteiger partial charge in [0.1, 0.15) is 11.4 Å². The Morgan fingerprint density at radius 2 is 2.33 bits per heavy atom. The van der Waals surface area contributed by atoms with Gasteiger partial charge >= 0.3 is 0 Å². The quantitative estimate of drug-likeness (QED) is 0.727. The van der Waals surface area contributed by atoms with E-state index >= 15 is 0 Å². The first-order valence-electron chi connectivity index (χ1n) is 4.42. The van der Waals surface area contributed by atoms with Crippen LogP contribution in [0.3, 0.4) is 0 Å². The Labute approximate surface area is 85.8 Å². The lowest BCUT2D eigenvalue weighted by atomic mass is 10.1. The molecule has 0 aliphatic carbocycles. The zero-order chi connectivity index (χ0) is 10.7. The number of benzene rings is 1. The molecule has 2 aromatic rings. The summed E-state index contributed by atoms with van der Waals surface area (Å²) in [4.78, 5) is 11.6. The number of H-pyrrole nitrogens is 1. The molecular formula is C10H9N3O2. The molecule has 0 unspecified atom stereocenters. The summed E-state index contributed by atoms with van der Waals surface area (Å²) < 4.78 is 0. The van der Waals surface area contributed by atoms with E-state index in [9.17, 15) is 9.90 Å². The van der Waals surface area contributed by atoms with E-state index < -0.39 is 0 Å². The number of hydrogen-bond donors (Lipinski definition) is 2. The van der Waals surface area contributed by atoms with E-state index in [2.05, 4.69) is 15.4 Å². The van der Waals surface area contributed by atoms with Crippen LogP contribution in [0, 0.1) is 0 Å². The van der Waals surface area contributed by atoms with Crippen LogP contribution in [-0.4, -0.2) is 26.3 Å². The lowest BCUT2D eigenvalue weighted by Gasteiger charge is -1.98. The molecule has 0 saturated heterocycles. The van der Waals surface area contributed by atoms with Crippen LogP contribution in [0.15, 0.2) is 30.5 Å². The van der Waals surface area contributed by atoms with Crippen molar-refractivity contribution in [1.82, 2.24) is 15.4 Å². The van der Waals surface area contributed by atoms with Crippen LogP contribution in [0.4, 0.5) is 0 Å². The molecule has 0 aliphatic rings. The molecule has 0 aliphatic heterocycles. The van der Waals surface area contributed by atoms with E-state index in [4.69, 9.17) is 0 Å². The number of rotatable bonds is 3. The van der Waals surface area contributed by atoms with Gasteiger partial charge < -0.3 is 5.11 Å². The summed E-state index contributed by atoms with van der Waals surface area (Å²) >= 11 is 0. The highest BCUT2D eigenvalue weighted by molar-refractivity contribution is 5.95. The second-order valence-electron chi connectivity index (χ2n) is 3.13. The number of phenolic OH excluding ortho intramolecular Hbond substituents is 1. The number of carbonyl (C=O) groups is 1. The number of nitrogens with one attached hydrogen (secondary N) is 1. The Hall–Kier alpha value is -2.17. The van der Waals surface area contributed by atoms with Gasteiger partial charge in [-0.25, -0.2) is 0 Å². The summed E-state index contributed by atoms with van der Waals surface area (Å²) in [6, 6.07) is 6.58. The number of Topliss-reactive ketones (excluding diaryl/α,β-unsaturated/α-hetero) is 1. The van der Waals surface area contributed by atoms with Gasteiger partial charge in [0.2, 0.25) is 0 Å². The lowest BCUT2D eigenvalue weighted by Crippen LogP contribution is -2.03. The van der Waals surface area contributed by atoms with E-state index in [0.717, 1.165) is 5.56 Å². The van der Waals surface area contributed by atoms with Gasteiger partial charge in [0.05, 0.1) is 6.20 Å². The Balaban J connectivity index is 2.13. The first-order valence-corrected chi connectivity index (χ1v) is 4.42. The number of ketones is 1. The minimum Gasteiger partial charge on any atom is -0.508 e. The fourth-order valence-corrected chi connectivity index (χ4v) is 1.28. The van der Waals surface area contributed by atoms with E-state index in [0.29, 0.717) is 5.69 Å². The Kier molecular flexibility index (Phi) is 2.45. The molecule has 0 fully saturated rings.